The largest absolute Gasteiger partial charge is 0.462 e. The fraction of sp³-hybridized carbons (Fsp3) is 0.700. The maximum Gasteiger partial charge on any atom is 0.410 e. The number of carbonyl (C=O) groups excluding carboxylic acids is 2. The van der Waals surface area contributed by atoms with Crippen LogP contribution < -0.4 is 4.90 Å². The van der Waals surface area contributed by atoms with E-state index in [2.05, 4.69) is 14.9 Å². The van der Waals surface area contributed by atoms with Crippen LogP contribution in [0.1, 0.15) is 62.3 Å². The van der Waals surface area contributed by atoms with Gasteiger partial charge in [-0.3, -0.25) is 0 Å². The molecule has 8 heteroatoms. The summed E-state index contributed by atoms with van der Waals surface area (Å²) in [6.07, 6.45) is 1.31. The smallest absolute Gasteiger partial charge is 0.410 e. The molecule has 2 rings (SSSR count). The van der Waals surface area contributed by atoms with Gasteiger partial charge < -0.3 is 19.3 Å². The fourth-order valence-electron chi connectivity index (χ4n) is 3.27. The summed E-state index contributed by atoms with van der Waals surface area (Å²) in [5.41, 5.74) is 1.17. The van der Waals surface area contributed by atoms with Gasteiger partial charge in [0.2, 0.25) is 5.95 Å². The SMILES string of the molecule is CCOC(=O)c1c(C)nc(N2CCC(N(C)C(=O)OC(C)(C)C)CC2)nc1C. The first kappa shape index (κ1) is 21.9. The van der Waals surface area contributed by atoms with E-state index in [1.807, 2.05) is 20.8 Å². The van der Waals surface area contributed by atoms with E-state index in [4.69, 9.17) is 9.47 Å². The van der Waals surface area contributed by atoms with Crippen molar-refractivity contribution in [1.82, 2.24) is 14.9 Å². The molecule has 1 aromatic rings. The molecule has 1 aromatic heterocycles. The molecule has 0 N–H and O–H groups in total. The molecule has 0 aromatic carbocycles. The second kappa shape index (κ2) is 8.75. The predicted molar refractivity (Wildman–Crippen MR) is 107 cm³/mol. The zero-order valence-corrected chi connectivity index (χ0v) is 18.0. The van der Waals surface area contributed by atoms with Crippen LogP contribution in [0.2, 0.25) is 0 Å². The Morgan fingerprint density at radius 3 is 2.14 bits per heavy atom. The van der Waals surface area contributed by atoms with Gasteiger partial charge in [-0.05, 0) is 54.4 Å². The van der Waals surface area contributed by atoms with Gasteiger partial charge in [0.05, 0.1) is 18.0 Å². The summed E-state index contributed by atoms with van der Waals surface area (Å²) in [5.74, 6) is 0.225. The van der Waals surface area contributed by atoms with Crippen molar-refractivity contribution in [3.63, 3.8) is 0 Å². The van der Waals surface area contributed by atoms with Crippen molar-refractivity contribution < 1.29 is 19.1 Å². The Bertz CT molecular complexity index is 698. The second-order valence-electron chi connectivity index (χ2n) is 8.10. The number of aromatic nitrogens is 2. The van der Waals surface area contributed by atoms with E-state index in [1.54, 1.807) is 32.7 Å². The van der Waals surface area contributed by atoms with Crippen LogP contribution in [0.15, 0.2) is 0 Å². The molecule has 8 nitrogen and oxygen atoms in total. The first-order valence-electron chi connectivity index (χ1n) is 9.76. The number of carbonyl (C=O) groups is 2. The van der Waals surface area contributed by atoms with Gasteiger partial charge in [0, 0.05) is 26.2 Å². The van der Waals surface area contributed by atoms with Crippen molar-refractivity contribution >= 4 is 18.0 Å². The molecule has 1 aliphatic heterocycles. The van der Waals surface area contributed by atoms with Gasteiger partial charge >= 0.3 is 12.1 Å². The van der Waals surface area contributed by atoms with Crippen LogP contribution >= 0.6 is 0 Å². The second-order valence-corrected chi connectivity index (χ2v) is 8.10. The minimum Gasteiger partial charge on any atom is -0.462 e. The third-order valence-corrected chi connectivity index (χ3v) is 4.72. The third-order valence-electron chi connectivity index (χ3n) is 4.72. The van der Waals surface area contributed by atoms with Gasteiger partial charge in [-0.25, -0.2) is 19.6 Å². The van der Waals surface area contributed by atoms with E-state index in [9.17, 15) is 9.59 Å². The summed E-state index contributed by atoms with van der Waals surface area (Å²) in [5, 5.41) is 0. The van der Waals surface area contributed by atoms with Gasteiger partial charge in [-0.1, -0.05) is 0 Å². The van der Waals surface area contributed by atoms with E-state index in [-0.39, 0.29) is 18.1 Å². The van der Waals surface area contributed by atoms with Gasteiger partial charge in [0.15, 0.2) is 0 Å². The number of nitrogens with zero attached hydrogens (tertiary/aromatic N) is 4. The molecule has 156 valence electrons. The number of esters is 1. The van der Waals surface area contributed by atoms with Crippen LogP contribution in [-0.2, 0) is 9.47 Å². The van der Waals surface area contributed by atoms with Gasteiger partial charge in [-0.15, -0.1) is 0 Å². The monoisotopic (exact) mass is 392 g/mol. The lowest BCUT2D eigenvalue weighted by Gasteiger charge is -2.37. The van der Waals surface area contributed by atoms with E-state index >= 15 is 0 Å². The maximum absolute atomic E-state index is 12.3. The Morgan fingerprint density at radius 2 is 1.68 bits per heavy atom. The lowest BCUT2D eigenvalue weighted by atomic mass is 10.0. The highest BCUT2D eigenvalue weighted by Gasteiger charge is 2.30. The van der Waals surface area contributed by atoms with Gasteiger partial charge in [0.1, 0.15) is 11.2 Å². The van der Waals surface area contributed by atoms with E-state index in [1.165, 1.54) is 0 Å². The van der Waals surface area contributed by atoms with Crippen LogP contribution in [0.5, 0.6) is 0 Å². The Morgan fingerprint density at radius 1 is 1.14 bits per heavy atom. The number of aryl methyl sites for hydroxylation is 2. The highest BCUT2D eigenvalue weighted by atomic mass is 16.6. The van der Waals surface area contributed by atoms with Crippen LogP contribution in [0.4, 0.5) is 10.7 Å². The normalized spacial score (nSPS) is 15.3. The Balaban J connectivity index is 2.03. The molecule has 0 bridgehead atoms. The summed E-state index contributed by atoms with van der Waals surface area (Å²) < 4.78 is 10.5. The van der Waals surface area contributed by atoms with Gasteiger partial charge in [0.25, 0.3) is 0 Å². The molecule has 1 amide bonds. The quantitative estimate of drug-likeness (QED) is 0.728. The van der Waals surface area contributed by atoms with Crippen molar-refractivity contribution in [2.45, 2.75) is 66.0 Å². The lowest BCUT2D eigenvalue weighted by Crippen LogP contribution is -2.47. The van der Waals surface area contributed by atoms with Crippen LogP contribution in [0.3, 0.4) is 0 Å². The summed E-state index contributed by atoms with van der Waals surface area (Å²) in [7, 11) is 1.79. The molecular weight excluding hydrogens is 360 g/mol. The number of anilines is 1. The number of rotatable bonds is 4. The standard InChI is InChI=1S/C20H32N4O4/c1-8-27-17(25)16-13(2)21-18(22-14(16)3)24-11-9-15(10-12-24)23(7)19(26)28-20(4,5)6/h15H,8-12H2,1-7H3. The van der Waals surface area contributed by atoms with Crippen LogP contribution in [-0.4, -0.2) is 65.3 Å². The molecule has 0 atom stereocenters. The van der Waals surface area contributed by atoms with Crippen molar-refractivity contribution in [3.8, 4) is 0 Å². The minimum absolute atomic E-state index is 0.118. The molecule has 1 fully saturated rings. The van der Waals surface area contributed by atoms with E-state index in [0.717, 1.165) is 25.9 Å². The molecule has 2 heterocycles. The first-order valence-corrected chi connectivity index (χ1v) is 9.76. The lowest BCUT2D eigenvalue weighted by molar-refractivity contribution is 0.0200. The molecule has 0 saturated carbocycles. The summed E-state index contributed by atoms with van der Waals surface area (Å²) >= 11 is 0. The van der Waals surface area contributed by atoms with Crippen LogP contribution in [0, 0.1) is 13.8 Å². The predicted octanol–water partition coefficient (Wildman–Crippen LogP) is 3.11. The van der Waals surface area contributed by atoms with E-state index in [0.29, 0.717) is 29.5 Å². The third kappa shape index (κ3) is 5.33. The number of hydrogen-bond donors (Lipinski definition) is 0. The van der Waals surface area contributed by atoms with E-state index < -0.39 is 5.60 Å². The zero-order chi connectivity index (χ0) is 21.1. The van der Waals surface area contributed by atoms with Crippen molar-refractivity contribution in [1.29, 1.82) is 0 Å². The van der Waals surface area contributed by atoms with Crippen molar-refractivity contribution in [3.05, 3.63) is 17.0 Å². The number of amides is 1. The average Bonchev–Trinajstić information content (AvgIpc) is 2.59. The van der Waals surface area contributed by atoms with Crippen molar-refractivity contribution in [2.75, 3.05) is 31.6 Å². The highest BCUT2D eigenvalue weighted by molar-refractivity contribution is 5.91. The Labute approximate surface area is 167 Å². The number of ether oxygens (including phenoxy) is 2. The minimum atomic E-state index is -0.504. The molecular formula is C20H32N4O4. The van der Waals surface area contributed by atoms with Gasteiger partial charge in [-0.2, -0.15) is 0 Å². The summed E-state index contributed by atoms with van der Waals surface area (Å²) in [6, 6.07) is 0.118. The summed E-state index contributed by atoms with van der Waals surface area (Å²) in [4.78, 5) is 37.2. The zero-order valence-electron chi connectivity index (χ0n) is 18.0. The van der Waals surface area contributed by atoms with Crippen LogP contribution in [0.25, 0.3) is 0 Å². The maximum atomic E-state index is 12.3. The average molecular weight is 393 g/mol. The summed E-state index contributed by atoms with van der Waals surface area (Å²) in [6.45, 7) is 12.7. The molecule has 0 radical (unpaired) electrons. The molecule has 1 saturated heterocycles. The molecule has 0 unspecified atom stereocenters. The molecule has 1 aliphatic rings. The fourth-order valence-corrected chi connectivity index (χ4v) is 3.27. The number of piperidine rings is 1. The Hall–Kier alpha value is -2.38. The molecule has 28 heavy (non-hydrogen) atoms. The first-order chi connectivity index (χ1) is 13.0. The molecule has 0 aliphatic carbocycles. The Kier molecular flexibility index (Phi) is 6.85. The topological polar surface area (TPSA) is 84.9 Å². The highest BCUT2D eigenvalue weighted by Crippen LogP contribution is 2.23. The molecule has 0 spiro atoms. The number of hydrogen-bond acceptors (Lipinski definition) is 7. The van der Waals surface area contributed by atoms with Crippen molar-refractivity contribution in [2.24, 2.45) is 0 Å².